The van der Waals surface area contributed by atoms with Crippen molar-refractivity contribution in [3.63, 3.8) is 0 Å². The number of aliphatic hydroxyl groups excluding tert-OH is 2. The van der Waals surface area contributed by atoms with Crippen LogP contribution in [0.5, 0.6) is 0 Å². The van der Waals surface area contributed by atoms with Crippen LogP contribution in [-0.4, -0.2) is 48.5 Å². The van der Waals surface area contributed by atoms with Gasteiger partial charge in [-0.1, -0.05) is 13.8 Å². The van der Waals surface area contributed by atoms with E-state index in [0.717, 1.165) is 11.2 Å². The van der Waals surface area contributed by atoms with E-state index in [0.29, 0.717) is 17.9 Å². The van der Waals surface area contributed by atoms with Crippen LogP contribution in [0.25, 0.3) is 11.2 Å². The lowest BCUT2D eigenvalue weighted by Gasteiger charge is -2.14. The number of imidazole rings is 1. The molecule has 0 saturated carbocycles. The van der Waals surface area contributed by atoms with E-state index in [-0.39, 0.29) is 18.8 Å². The largest absolute Gasteiger partial charge is 0.394 e. The second-order valence-corrected chi connectivity index (χ2v) is 5.75. The molecule has 3 rings (SSSR count). The topological polar surface area (TPSA) is 93.3 Å². The second kappa shape index (κ2) is 5.32. The van der Waals surface area contributed by atoms with E-state index in [2.05, 4.69) is 28.8 Å². The Morgan fingerprint density at radius 1 is 1.43 bits per heavy atom. The fraction of sp³-hybridized carbons (Fsp3) is 0.643. The molecule has 7 heteroatoms. The van der Waals surface area contributed by atoms with Crippen molar-refractivity contribution in [2.75, 3.05) is 6.61 Å². The van der Waals surface area contributed by atoms with Crippen molar-refractivity contribution >= 4 is 11.2 Å². The average molecular weight is 292 g/mol. The van der Waals surface area contributed by atoms with Gasteiger partial charge in [0.05, 0.1) is 24.7 Å². The summed E-state index contributed by atoms with van der Waals surface area (Å²) in [6.45, 7) is 5.79. The van der Waals surface area contributed by atoms with Gasteiger partial charge in [-0.15, -0.1) is 0 Å². The van der Waals surface area contributed by atoms with E-state index in [4.69, 9.17) is 4.74 Å². The first-order chi connectivity index (χ1) is 10.0. The monoisotopic (exact) mass is 292 g/mol. The predicted molar refractivity (Wildman–Crippen MR) is 75.8 cm³/mol. The zero-order chi connectivity index (χ0) is 15.1. The Balaban J connectivity index is 2.05. The molecule has 114 valence electrons. The van der Waals surface area contributed by atoms with E-state index in [1.165, 1.54) is 0 Å². The molecule has 0 aromatic carbocycles. The minimum absolute atomic E-state index is 0.199. The Morgan fingerprint density at radius 3 is 2.81 bits per heavy atom. The third-order valence-electron chi connectivity index (χ3n) is 3.80. The molecule has 2 N–H and O–H groups in total. The maximum atomic E-state index is 9.88. The average Bonchev–Trinajstić information content (AvgIpc) is 3.00. The smallest absolute Gasteiger partial charge is 0.165 e. The summed E-state index contributed by atoms with van der Waals surface area (Å²) in [4.78, 5) is 13.3. The maximum Gasteiger partial charge on any atom is 0.165 e. The SMILES string of the molecule is Cc1nc(C(C)C)c2ncn(C3CC(O)C(CO)O3)c2n1. The number of aliphatic hydroxyl groups is 2. The summed E-state index contributed by atoms with van der Waals surface area (Å²) in [7, 11) is 0. The Bertz CT molecular complexity index is 655. The van der Waals surface area contributed by atoms with Crippen LogP contribution < -0.4 is 0 Å². The van der Waals surface area contributed by atoms with E-state index in [9.17, 15) is 10.2 Å². The number of aryl methyl sites for hydroxylation is 1. The van der Waals surface area contributed by atoms with Crippen LogP contribution in [0.2, 0.25) is 0 Å². The van der Waals surface area contributed by atoms with Crippen molar-refractivity contribution in [2.24, 2.45) is 0 Å². The zero-order valence-electron chi connectivity index (χ0n) is 12.4. The number of hydrogen-bond acceptors (Lipinski definition) is 6. The Kier molecular flexibility index (Phi) is 3.64. The highest BCUT2D eigenvalue weighted by molar-refractivity contribution is 5.74. The van der Waals surface area contributed by atoms with Crippen LogP contribution in [0.3, 0.4) is 0 Å². The summed E-state index contributed by atoms with van der Waals surface area (Å²) in [5.41, 5.74) is 2.39. The van der Waals surface area contributed by atoms with Gasteiger partial charge in [-0.05, 0) is 12.8 Å². The maximum absolute atomic E-state index is 9.88. The lowest BCUT2D eigenvalue weighted by molar-refractivity contribution is -0.0432. The van der Waals surface area contributed by atoms with Gasteiger partial charge >= 0.3 is 0 Å². The van der Waals surface area contributed by atoms with Gasteiger partial charge in [0.2, 0.25) is 0 Å². The van der Waals surface area contributed by atoms with Gasteiger partial charge in [0, 0.05) is 6.42 Å². The molecule has 0 spiro atoms. The molecule has 1 aliphatic rings. The van der Waals surface area contributed by atoms with Crippen molar-refractivity contribution < 1.29 is 14.9 Å². The number of rotatable bonds is 3. The molecule has 3 heterocycles. The van der Waals surface area contributed by atoms with Crippen LogP contribution in [-0.2, 0) is 4.74 Å². The van der Waals surface area contributed by atoms with Gasteiger partial charge in [-0.25, -0.2) is 15.0 Å². The highest BCUT2D eigenvalue weighted by atomic mass is 16.5. The first-order valence-corrected chi connectivity index (χ1v) is 7.16. The Morgan fingerprint density at radius 2 is 2.19 bits per heavy atom. The molecule has 0 radical (unpaired) electrons. The van der Waals surface area contributed by atoms with Crippen molar-refractivity contribution in [3.8, 4) is 0 Å². The molecule has 0 aliphatic carbocycles. The standard InChI is InChI=1S/C14H20N4O3/c1-7(2)12-13-14(17-8(3)16-12)18(6-15-13)11-4-9(20)10(5-19)21-11/h6-7,9-11,19-20H,4-5H2,1-3H3. The van der Waals surface area contributed by atoms with Crippen LogP contribution in [0.15, 0.2) is 6.33 Å². The molecule has 1 aliphatic heterocycles. The molecule has 1 fully saturated rings. The van der Waals surface area contributed by atoms with E-state index in [1.54, 1.807) is 6.33 Å². The van der Waals surface area contributed by atoms with Gasteiger partial charge in [0.15, 0.2) is 5.65 Å². The minimum Gasteiger partial charge on any atom is -0.394 e. The summed E-state index contributed by atoms with van der Waals surface area (Å²) < 4.78 is 7.49. The van der Waals surface area contributed by atoms with Crippen molar-refractivity contribution in [1.82, 2.24) is 19.5 Å². The highest BCUT2D eigenvalue weighted by Crippen LogP contribution is 2.31. The second-order valence-electron chi connectivity index (χ2n) is 5.75. The number of aromatic nitrogens is 4. The normalized spacial score (nSPS) is 26.1. The molecular formula is C14H20N4O3. The van der Waals surface area contributed by atoms with Gasteiger partial charge in [-0.2, -0.15) is 0 Å². The molecule has 2 aromatic heterocycles. The predicted octanol–water partition coefficient (Wildman–Crippen LogP) is 0.899. The van der Waals surface area contributed by atoms with E-state index >= 15 is 0 Å². The van der Waals surface area contributed by atoms with Crippen LogP contribution in [0.4, 0.5) is 0 Å². The highest BCUT2D eigenvalue weighted by Gasteiger charge is 2.35. The fourth-order valence-electron chi connectivity index (χ4n) is 2.72. The third-order valence-corrected chi connectivity index (χ3v) is 3.80. The molecular weight excluding hydrogens is 272 g/mol. The number of nitrogens with zero attached hydrogens (tertiary/aromatic N) is 4. The summed E-state index contributed by atoms with van der Waals surface area (Å²) in [6, 6.07) is 0. The van der Waals surface area contributed by atoms with Crippen LogP contribution >= 0.6 is 0 Å². The van der Waals surface area contributed by atoms with Crippen LogP contribution in [0.1, 0.15) is 43.9 Å². The molecule has 2 aromatic rings. The summed E-state index contributed by atoms with van der Waals surface area (Å²) in [5, 5.41) is 19.1. The number of ether oxygens (including phenoxy) is 1. The summed E-state index contributed by atoms with van der Waals surface area (Å²) in [6.07, 6.45) is 0.486. The summed E-state index contributed by atoms with van der Waals surface area (Å²) >= 11 is 0. The minimum atomic E-state index is -0.676. The molecule has 3 unspecified atom stereocenters. The van der Waals surface area contributed by atoms with Gasteiger partial charge in [-0.3, -0.25) is 4.57 Å². The lowest BCUT2D eigenvalue weighted by Crippen LogP contribution is -2.24. The third kappa shape index (κ3) is 2.41. The van der Waals surface area contributed by atoms with E-state index in [1.807, 2.05) is 11.5 Å². The van der Waals surface area contributed by atoms with Crippen LogP contribution in [0, 0.1) is 6.92 Å². The number of fused-ring (bicyclic) bond motifs is 1. The first kappa shape index (κ1) is 14.4. The quantitative estimate of drug-likeness (QED) is 0.873. The first-order valence-electron chi connectivity index (χ1n) is 7.16. The van der Waals surface area contributed by atoms with Crippen molar-refractivity contribution in [1.29, 1.82) is 0 Å². The number of hydrogen-bond donors (Lipinski definition) is 2. The van der Waals surface area contributed by atoms with Crippen molar-refractivity contribution in [3.05, 3.63) is 17.8 Å². The molecule has 1 saturated heterocycles. The Labute approximate surface area is 122 Å². The van der Waals surface area contributed by atoms with Gasteiger partial charge in [0.1, 0.15) is 23.7 Å². The lowest BCUT2D eigenvalue weighted by atomic mass is 10.1. The van der Waals surface area contributed by atoms with E-state index < -0.39 is 12.2 Å². The fourth-order valence-corrected chi connectivity index (χ4v) is 2.72. The molecule has 0 bridgehead atoms. The summed E-state index contributed by atoms with van der Waals surface area (Å²) in [5.74, 6) is 0.933. The Hall–Kier alpha value is -1.57. The van der Waals surface area contributed by atoms with Gasteiger partial charge < -0.3 is 14.9 Å². The molecule has 0 amide bonds. The van der Waals surface area contributed by atoms with Gasteiger partial charge in [0.25, 0.3) is 0 Å². The molecule has 7 nitrogen and oxygen atoms in total. The zero-order valence-corrected chi connectivity index (χ0v) is 12.4. The van der Waals surface area contributed by atoms with Crippen molar-refractivity contribution in [2.45, 2.75) is 51.5 Å². The molecule has 3 atom stereocenters. The molecule has 21 heavy (non-hydrogen) atoms.